The van der Waals surface area contributed by atoms with Crippen molar-refractivity contribution in [3.8, 4) is 0 Å². The fourth-order valence-corrected chi connectivity index (χ4v) is 2.73. The summed E-state index contributed by atoms with van der Waals surface area (Å²) >= 11 is 0. The lowest BCUT2D eigenvalue weighted by molar-refractivity contribution is -0.384. The molecule has 1 saturated carbocycles. The van der Waals surface area contributed by atoms with Gasteiger partial charge in [0, 0.05) is 18.1 Å². The predicted molar refractivity (Wildman–Crippen MR) is 76.9 cm³/mol. The Hall–Kier alpha value is -1.92. The van der Waals surface area contributed by atoms with Gasteiger partial charge in [-0.05, 0) is 18.4 Å². The topological polar surface area (TPSA) is 55.5 Å². The van der Waals surface area contributed by atoms with Crippen LogP contribution in [0.15, 0.2) is 29.3 Å². The molecule has 0 bridgehead atoms. The normalized spacial score (nSPS) is 17.5. The number of non-ortho nitro benzene ring substituents is 1. The van der Waals surface area contributed by atoms with E-state index in [0.717, 1.165) is 19.3 Å². The lowest BCUT2D eigenvalue weighted by Gasteiger charge is -2.24. The van der Waals surface area contributed by atoms with Gasteiger partial charge in [0.1, 0.15) is 5.71 Å². The molecule has 4 nitrogen and oxygen atoms in total. The van der Waals surface area contributed by atoms with Crippen LogP contribution >= 0.6 is 0 Å². The first-order valence-corrected chi connectivity index (χ1v) is 7.23. The Morgan fingerprint density at radius 1 is 1.18 bits per heavy atom. The Kier molecular flexibility index (Phi) is 5.15. The highest BCUT2D eigenvalue weighted by Crippen LogP contribution is 2.32. The molecule has 0 spiro atoms. The number of nitro benzene ring substituents is 1. The molecule has 0 aliphatic heterocycles. The van der Waals surface area contributed by atoms with E-state index < -0.39 is 22.7 Å². The zero-order valence-corrected chi connectivity index (χ0v) is 12.0. The first-order valence-electron chi connectivity index (χ1n) is 7.23. The number of benzene rings is 1. The van der Waals surface area contributed by atoms with Crippen molar-refractivity contribution >= 4 is 11.4 Å². The van der Waals surface area contributed by atoms with E-state index in [0.29, 0.717) is 18.4 Å². The largest absolute Gasteiger partial charge is 0.429 e. The van der Waals surface area contributed by atoms with Crippen LogP contribution in [0.4, 0.5) is 18.9 Å². The first-order chi connectivity index (χ1) is 10.4. The van der Waals surface area contributed by atoms with Crippen molar-refractivity contribution in [1.82, 2.24) is 0 Å². The lowest BCUT2D eigenvalue weighted by Crippen LogP contribution is -2.32. The molecule has 0 saturated heterocycles. The van der Waals surface area contributed by atoms with Crippen molar-refractivity contribution in [1.29, 1.82) is 0 Å². The van der Waals surface area contributed by atoms with Gasteiger partial charge in [0.2, 0.25) is 0 Å². The molecule has 22 heavy (non-hydrogen) atoms. The number of hydrogen-bond acceptors (Lipinski definition) is 3. The molecule has 1 aliphatic rings. The van der Waals surface area contributed by atoms with Crippen molar-refractivity contribution in [3.63, 3.8) is 0 Å². The number of nitro groups is 1. The molecule has 0 unspecified atom stereocenters. The van der Waals surface area contributed by atoms with E-state index in [1.807, 2.05) is 0 Å². The number of rotatable bonds is 4. The van der Waals surface area contributed by atoms with Gasteiger partial charge in [0.05, 0.1) is 11.5 Å². The third-order valence-electron chi connectivity index (χ3n) is 3.86. The van der Waals surface area contributed by atoms with Crippen LogP contribution in [0.1, 0.15) is 37.7 Å². The van der Waals surface area contributed by atoms with E-state index in [4.69, 9.17) is 0 Å². The summed E-state index contributed by atoms with van der Waals surface area (Å²) in [6.45, 7) is -0.108. The lowest BCUT2D eigenvalue weighted by atomic mass is 9.85. The standard InChI is InChI=1S/C15H17F3N2O2/c16-15(17,18)14(12-4-2-1-3-5-12)19-10-11-6-8-13(9-7-11)20(21)22/h6-9,12H,1-5,10H2. The minimum absolute atomic E-state index is 0.0870. The molecular weight excluding hydrogens is 297 g/mol. The molecule has 0 radical (unpaired) electrons. The average molecular weight is 314 g/mol. The maximum absolute atomic E-state index is 13.2. The van der Waals surface area contributed by atoms with E-state index in [1.54, 1.807) is 0 Å². The highest BCUT2D eigenvalue weighted by atomic mass is 19.4. The Morgan fingerprint density at radius 2 is 1.77 bits per heavy atom. The Bertz CT molecular complexity index is 547. The molecule has 1 aromatic carbocycles. The van der Waals surface area contributed by atoms with Crippen molar-refractivity contribution in [2.45, 2.75) is 44.8 Å². The van der Waals surface area contributed by atoms with Crippen molar-refractivity contribution in [3.05, 3.63) is 39.9 Å². The summed E-state index contributed by atoms with van der Waals surface area (Å²) in [6, 6.07) is 5.43. The molecule has 0 atom stereocenters. The Labute approximate surface area is 126 Å². The highest BCUT2D eigenvalue weighted by Gasteiger charge is 2.40. The molecule has 0 heterocycles. The summed E-state index contributed by atoms with van der Waals surface area (Å²) in [6.07, 6.45) is -0.779. The van der Waals surface area contributed by atoms with Gasteiger partial charge in [-0.3, -0.25) is 15.1 Å². The second kappa shape index (κ2) is 6.89. The van der Waals surface area contributed by atoms with Crippen molar-refractivity contribution < 1.29 is 18.1 Å². The summed E-state index contributed by atoms with van der Waals surface area (Å²) in [5.41, 5.74) is -0.246. The molecule has 7 heteroatoms. The summed E-state index contributed by atoms with van der Waals surface area (Å²) in [5, 5.41) is 10.5. The van der Waals surface area contributed by atoms with Gasteiger partial charge >= 0.3 is 6.18 Å². The zero-order valence-electron chi connectivity index (χ0n) is 12.0. The summed E-state index contributed by atoms with van der Waals surface area (Å²) < 4.78 is 39.5. The van der Waals surface area contributed by atoms with Crippen LogP contribution in [0.2, 0.25) is 0 Å². The SMILES string of the molecule is O=[N+]([O-])c1ccc(CN=C(C2CCCCC2)C(F)(F)F)cc1. The molecule has 0 N–H and O–H groups in total. The zero-order chi connectivity index (χ0) is 16.2. The van der Waals surface area contributed by atoms with Gasteiger partial charge in [0.25, 0.3) is 5.69 Å². The average Bonchev–Trinajstić information content (AvgIpc) is 2.47. The maximum atomic E-state index is 13.2. The monoisotopic (exact) mass is 314 g/mol. The number of halogens is 3. The van der Waals surface area contributed by atoms with Gasteiger partial charge in [-0.2, -0.15) is 13.2 Å². The second-order valence-corrected chi connectivity index (χ2v) is 5.46. The first kappa shape index (κ1) is 16.5. The highest BCUT2D eigenvalue weighted by molar-refractivity contribution is 5.91. The molecule has 1 aromatic rings. The number of hydrogen-bond donors (Lipinski definition) is 0. The predicted octanol–water partition coefficient (Wildman–Crippen LogP) is 4.68. The number of alkyl halides is 3. The minimum atomic E-state index is -4.41. The molecule has 1 aliphatic carbocycles. The fourth-order valence-electron chi connectivity index (χ4n) is 2.73. The quantitative estimate of drug-likeness (QED) is 0.460. The molecular formula is C15H17F3N2O2. The van der Waals surface area contributed by atoms with Gasteiger partial charge in [-0.15, -0.1) is 0 Å². The maximum Gasteiger partial charge on any atom is 0.429 e. The summed E-state index contributed by atoms with van der Waals surface area (Å²) in [7, 11) is 0. The summed E-state index contributed by atoms with van der Waals surface area (Å²) in [5.74, 6) is -0.521. The molecule has 120 valence electrons. The minimum Gasteiger partial charge on any atom is -0.280 e. The van der Waals surface area contributed by atoms with Gasteiger partial charge in [0.15, 0.2) is 0 Å². The Balaban J connectivity index is 2.13. The number of aliphatic imine (C=N–C) groups is 1. The van der Waals surface area contributed by atoms with Gasteiger partial charge in [-0.25, -0.2) is 0 Å². The van der Waals surface area contributed by atoms with E-state index in [2.05, 4.69) is 4.99 Å². The second-order valence-electron chi connectivity index (χ2n) is 5.46. The summed E-state index contributed by atoms with van der Waals surface area (Å²) in [4.78, 5) is 13.8. The van der Waals surface area contributed by atoms with Crippen molar-refractivity contribution in [2.24, 2.45) is 10.9 Å². The molecule has 1 fully saturated rings. The smallest absolute Gasteiger partial charge is 0.280 e. The van der Waals surface area contributed by atoms with Crippen molar-refractivity contribution in [2.75, 3.05) is 0 Å². The third-order valence-corrected chi connectivity index (χ3v) is 3.86. The van der Waals surface area contributed by atoms with Crippen LogP contribution in [0.25, 0.3) is 0 Å². The van der Waals surface area contributed by atoms with Crippen LogP contribution in [0, 0.1) is 16.0 Å². The third kappa shape index (κ3) is 4.29. The molecule has 0 amide bonds. The molecule has 0 aromatic heterocycles. The van der Waals surface area contributed by atoms with E-state index >= 15 is 0 Å². The number of nitrogens with zero attached hydrogens (tertiary/aromatic N) is 2. The molecule has 2 rings (SSSR count). The van der Waals surface area contributed by atoms with Crippen LogP contribution in [-0.2, 0) is 6.54 Å². The van der Waals surface area contributed by atoms with Crippen LogP contribution < -0.4 is 0 Å². The fraction of sp³-hybridized carbons (Fsp3) is 0.533. The van der Waals surface area contributed by atoms with E-state index in [1.165, 1.54) is 24.3 Å². The van der Waals surface area contributed by atoms with Gasteiger partial charge < -0.3 is 0 Å². The van der Waals surface area contributed by atoms with Crippen LogP contribution in [-0.4, -0.2) is 16.8 Å². The Morgan fingerprint density at radius 3 is 2.27 bits per heavy atom. The van der Waals surface area contributed by atoms with Crippen LogP contribution in [0.5, 0.6) is 0 Å². The van der Waals surface area contributed by atoms with Crippen LogP contribution in [0.3, 0.4) is 0 Å². The van der Waals surface area contributed by atoms with Gasteiger partial charge in [-0.1, -0.05) is 31.4 Å². The van der Waals surface area contributed by atoms with E-state index in [9.17, 15) is 23.3 Å². The van der Waals surface area contributed by atoms with E-state index in [-0.39, 0.29) is 12.2 Å².